The lowest BCUT2D eigenvalue weighted by molar-refractivity contribution is 1.01. The summed E-state index contributed by atoms with van der Waals surface area (Å²) in [5, 5.41) is 13.5. The van der Waals surface area contributed by atoms with Crippen molar-refractivity contribution >= 4 is 16.7 Å². The van der Waals surface area contributed by atoms with E-state index >= 15 is 0 Å². The number of nitrogens with zero attached hydrogens (tertiary/aromatic N) is 2. The van der Waals surface area contributed by atoms with Crippen LogP contribution < -0.4 is 5.32 Å². The zero-order chi connectivity index (χ0) is 14.7. The van der Waals surface area contributed by atoms with Gasteiger partial charge in [-0.2, -0.15) is 5.26 Å². The Hall–Kier alpha value is -2.80. The number of H-pyrrole nitrogens is 1. The van der Waals surface area contributed by atoms with E-state index < -0.39 is 0 Å². The maximum Gasteiger partial charge on any atom is 0.143 e. The average molecular weight is 276 g/mol. The first-order chi connectivity index (χ1) is 10.3. The highest BCUT2D eigenvalue weighted by Gasteiger charge is 2.05. The Morgan fingerprint density at radius 2 is 2.24 bits per heavy atom. The number of hydrogen-bond acceptors (Lipinski definition) is 3. The Bertz CT molecular complexity index is 811. The molecule has 0 saturated heterocycles. The summed E-state index contributed by atoms with van der Waals surface area (Å²) < 4.78 is 0. The van der Waals surface area contributed by atoms with Gasteiger partial charge < -0.3 is 10.3 Å². The molecule has 104 valence electrons. The number of anilines is 1. The molecule has 2 N–H and O–H groups in total. The minimum atomic E-state index is 0.576. The van der Waals surface area contributed by atoms with E-state index in [1.165, 1.54) is 16.5 Å². The van der Waals surface area contributed by atoms with Gasteiger partial charge in [-0.05, 0) is 43.2 Å². The standard InChI is InChI=1S/C17H16N4/c1-12-4-5-16-15(9-12)14(11-21-16)6-8-20-17-13(10-18)3-2-7-19-17/h2-5,7,9,11,21H,6,8H2,1H3,(H,19,20). The maximum atomic E-state index is 9.04. The lowest BCUT2D eigenvalue weighted by Crippen LogP contribution is -2.07. The van der Waals surface area contributed by atoms with Crippen molar-refractivity contribution in [1.29, 1.82) is 5.26 Å². The Labute approximate surface area is 123 Å². The van der Waals surface area contributed by atoms with Gasteiger partial charge >= 0.3 is 0 Å². The largest absolute Gasteiger partial charge is 0.369 e. The van der Waals surface area contributed by atoms with Gasteiger partial charge in [0.25, 0.3) is 0 Å². The summed E-state index contributed by atoms with van der Waals surface area (Å²) in [6.45, 7) is 2.84. The highest BCUT2D eigenvalue weighted by Crippen LogP contribution is 2.20. The first-order valence-electron chi connectivity index (χ1n) is 6.93. The van der Waals surface area contributed by atoms with Crippen LogP contribution >= 0.6 is 0 Å². The number of benzene rings is 1. The van der Waals surface area contributed by atoms with Crippen molar-refractivity contribution in [2.24, 2.45) is 0 Å². The van der Waals surface area contributed by atoms with Gasteiger partial charge in [0.1, 0.15) is 11.9 Å². The molecule has 0 spiro atoms. The fourth-order valence-electron chi connectivity index (χ4n) is 2.45. The van der Waals surface area contributed by atoms with E-state index in [0.717, 1.165) is 18.5 Å². The predicted molar refractivity (Wildman–Crippen MR) is 84.2 cm³/mol. The second-order valence-corrected chi connectivity index (χ2v) is 5.05. The lowest BCUT2D eigenvalue weighted by Gasteiger charge is -2.06. The molecule has 2 aromatic heterocycles. The third kappa shape index (κ3) is 2.72. The Balaban J connectivity index is 1.72. The number of aryl methyl sites for hydroxylation is 1. The van der Waals surface area contributed by atoms with Crippen molar-refractivity contribution in [1.82, 2.24) is 9.97 Å². The molecule has 4 nitrogen and oxygen atoms in total. The number of aromatic nitrogens is 2. The minimum absolute atomic E-state index is 0.576. The van der Waals surface area contributed by atoms with Crippen molar-refractivity contribution in [2.75, 3.05) is 11.9 Å². The number of rotatable bonds is 4. The smallest absolute Gasteiger partial charge is 0.143 e. The normalized spacial score (nSPS) is 10.5. The molecule has 2 heterocycles. The summed E-state index contributed by atoms with van der Waals surface area (Å²) in [4.78, 5) is 7.49. The quantitative estimate of drug-likeness (QED) is 0.767. The molecule has 21 heavy (non-hydrogen) atoms. The third-order valence-corrected chi connectivity index (χ3v) is 3.54. The first-order valence-corrected chi connectivity index (χ1v) is 6.93. The molecule has 0 unspecified atom stereocenters. The van der Waals surface area contributed by atoms with Crippen LogP contribution in [-0.2, 0) is 6.42 Å². The van der Waals surface area contributed by atoms with Crippen LogP contribution in [0.1, 0.15) is 16.7 Å². The van der Waals surface area contributed by atoms with Crippen molar-refractivity contribution in [3.63, 3.8) is 0 Å². The van der Waals surface area contributed by atoms with Crippen LogP contribution in [-0.4, -0.2) is 16.5 Å². The topological polar surface area (TPSA) is 64.5 Å². The van der Waals surface area contributed by atoms with Gasteiger partial charge in [0.05, 0.1) is 5.56 Å². The number of aromatic amines is 1. The third-order valence-electron chi connectivity index (χ3n) is 3.54. The summed E-state index contributed by atoms with van der Waals surface area (Å²) in [6.07, 6.45) is 4.62. The molecule has 0 aliphatic rings. The molecule has 0 amide bonds. The van der Waals surface area contributed by atoms with Crippen LogP contribution in [0.4, 0.5) is 5.82 Å². The average Bonchev–Trinajstić information content (AvgIpc) is 2.90. The molecule has 0 aliphatic heterocycles. The molecule has 3 rings (SSSR count). The molecular weight excluding hydrogens is 260 g/mol. The molecule has 0 radical (unpaired) electrons. The number of nitrogens with one attached hydrogen (secondary N) is 2. The maximum absolute atomic E-state index is 9.04. The Kier molecular flexibility index (Phi) is 3.57. The van der Waals surface area contributed by atoms with E-state index in [1.807, 2.05) is 0 Å². The van der Waals surface area contributed by atoms with Gasteiger partial charge in [0.15, 0.2) is 0 Å². The van der Waals surface area contributed by atoms with Crippen LogP contribution in [0.3, 0.4) is 0 Å². The molecule has 0 atom stereocenters. The summed E-state index contributed by atoms with van der Waals surface area (Å²) in [5.41, 5.74) is 4.27. The lowest BCUT2D eigenvalue weighted by atomic mass is 10.1. The van der Waals surface area contributed by atoms with Crippen LogP contribution in [0.5, 0.6) is 0 Å². The SMILES string of the molecule is Cc1ccc2[nH]cc(CCNc3ncccc3C#N)c2c1. The monoisotopic (exact) mass is 276 g/mol. The summed E-state index contributed by atoms with van der Waals surface area (Å²) in [6, 6.07) is 12.1. The van der Waals surface area contributed by atoms with E-state index in [0.29, 0.717) is 11.4 Å². The number of nitriles is 1. The summed E-state index contributed by atoms with van der Waals surface area (Å²) >= 11 is 0. The zero-order valence-electron chi connectivity index (χ0n) is 11.9. The van der Waals surface area contributed by atoms with Gasteiger partial charge in [-0.15, -0.1) is 0 Å². The Morgan fingerprint density at radius 3 is 3.10 bits per heavy atom. The summed E-state index contributed by atoms with van der Waals surface area (Å²) in [7, 11) is 0. The van der Waals surface area contributed by atoms with E-state index in [9.17, 15) is 0 Å². The number of pyridine rings is 1. The Morgan fingerprint density at radius 1 is 1.33 bits per heavy atom. The van der Waals surface area contributed by atoms with E-state index in [2.05, 4.69) is 52.7 Å². The fraction of sp³-hybridized carbons (Fsp3) is 0.176. The van der Waals surface area contributed by atoms with Crippen molar-refractivity contribution in [2.45, 2.75) is 13.3 Å². The van der Waals surface area contributed by atoms with Crippen molar-refractivity contribution < 1.29 is 0 Å². The van der Waals surface area contributed by atoms with Gasteiger partial charge in [-0.3, -0.25) is 0 Å². The highest BCUT2D eigenvalue weighted by atomic mass is 15.0. The highest BCUT2D eigenvalue weighted by molar-refractivity contribution is 5.83. The number of hydrogen-bond donors (Lipinski definition) is 2. The molecule has 0 saturated carbocycles. The fourth-order valence-corrected chi connectivity index (χ4v) is 2.45. The molecule has 0 bridgehead atoms. The van der Waals surface area contributed by atoms with Gasteiger partial charge in [0.2, 0.25) is 0 Å². The van der Waals surface area contributed by atoms with Crippen LogP contribution in [0, 0.1) is 18.3 Å². The van der Waals surface area contributed by atoms with Gasteiger partial charge in [-0.25, -0.2) is 4.98 Å². The van der Waals surface area contributed by atoms with Crippen molar-refractivity contribution in [3.8, 4) is 6.07 Å². The van der Waals surface area contributed by atoms with Crippen LogP contribution in [0.25, 0.3) is 10.9 Å². The second-order valence-electron chi connectivity index (χ2n) is 5.05. The number of fused-ring (bicyclic) bond motifs is 1. The van der Waals surface area contributed by atoms with E-state index in [4.69, 9.17) is 5.26 Å². The molecule has 4 heteroatoms. The van der Waals surface area contributed by atoms with Crippen molar-refractivity contribution in [3.05, 3.63) is 59.4 Å². The molecular formula is C17H16N4. The van der Waals surface area contributed by atoms with E-state index in [-0.39, 0.29) is 0 Å². The molecule has 0 aliphatic carbocycles. The molecule has 1 aromatic carbocycles. The minimum Gasteiger partial charge on any atom is -0.369 e. The van der Waals surface area contributed by atoms with Crippen LogP contribution in [0.15, 0.2) is 42.7 Å². The first kappa shape index (κ1) is 13.2. The van der Waals surface area contributed by atoms with Gasteiger partial charge in [0, 0.05) is 29.8 Å². The summed E-state index contributed by atoms with van der Waals surface area (Å²) in [5.74, 6) is 0.649. The predicted octanol–water partition coefficient (Wildman–Crippen LogP) is 3.40. The molecule has 0 fully saturated rings. The van der Waals surface area contributed by atoms with E-state index in [1.54, 1.807) is 18.3 Å². The second kappa shape index (κ2) is 5.68. The van der Waals surface area contributed by atoms with Crippen LogP contribution in [0.2, 0.25) is 0 Å². The van der Waals surface area contributed by atoms with Gasteiger partial charge in [-0.1, -0.05) is 11.6 Å². The molecule has 3 aromatic rings. The zero-order valence-corrected chi connectivity index (χ0v) is 11.9.